The summed E-state index contributed by atoms with van der Waals surface area (Å²) >= 11 is 0. The zero-order valence-electron chi connectivity index (χ0n) is 20.4. The van der Waals surface area contributed by atoms with Gasteiger partial charge in [0.2, 0.25) is 11.9 Å². The van der Waals surface area contributed by atoms with Gasteiger partial charge in [0.1, 0.15) is 18.4 Å². The molecule has 1 aromatic carbocycles. The van der Waals surface area contributed by atoms with E-state index in [2.05, 4.69) is 20.6 Å². The molecule has 0 saturated carbocycles. The van der Waals surface area contributed by atoms with E-state index in [-0.39, 0.29) is 30.9 Å². The molecule has 5 amide bonds. The van der Waals surface area contributed by atoms with Crippen molar-refractivity contribution in [2.75, 3.05) is 19.3 Å². The number of β-lactam (4-membered cyclic amide) rings is 1. The number of imide groups is 1. The van der Waals surface area contributed by atoms with Gasteiger partial charge in [0.05, 0.1) is 12.0 Å². The maximum atomic E-state index is 13.3. The number of hydrogen-bond acceptors (Lipinski definition) is 7. The molecule has 2 aromatic rings. The van der Waals surface area contributed by atoms with Crippen LogP contribution in [0.2, 0.25) is 0 Å². The number of guanidine groups is 1. The fourth-order valence-electron chi connectivity index (χ4n) is 4.52. The van der Waals surface area contributed by atoms with Crippen LogP contribution in [0.25, 0.3) is 0 Å². The minimum absolute atomic E-state index is 0.0752. The number of nitrogens with two attached hydrogens (primary N) is 1. The van der Waals surface area contributed by atoms with E-state index in [1.165, 1.54) is 11.9 Å². The van der Waals surface area contributed by atoms with Gasteiger partial charge < -0.3 is 11.1 Å². The molecule has 11 heteroatoms. The van der Waals surface area contributed by atoms with E-state index in [0.29, 0.717) is 17.9 Å². The number of aromatic nitrogens is 1. The Morgan fingerprint density at radius 3 is 2.53 bits per heavy atom. The lowest BCUT2D eigenvalue weighted by Crippen LogP contribution is -2.71. The van der Waals surface area contributed by atoms with Crippen molar-refractivity contribution in [3.05, 3.63) is 59.3 Å². The first-order chi connectivity index (χ1) is 17.2. The summed E-state index contributed by atoms with van der Waals surface area (Å²) in [6.45, 7) is 3.63. The molecule has 36 heavy (non-hydrogen) atoms. The molecule has 188 valence electrons. The zero-order valence-corrected chi connectivity index (χ0v) is 20.4. The number of pyridine rings is 1. The van der Waals surface area contributed by atoms with Crippen LogP contribution < -0.4 is 16.4 Å². The number of nitrogens with one attached hydrogen (secondary N) is 2. The number of hydrogen-bond donors (Lipinski definition) is 3. The van der Waals surface area contributed by atoms with Gasteiger partial charge in [-0.1, -0.05) is 37.3 Å². The summed E-state index contributed by atoms with van der Waals surface area (Å²) in [7, 11) is 1.50. The Morgan fingerprint density at radius 2 is 1.92 bits per heavy atom. The van der Waals surface area contributed by atoms with Gasteiger partial charge in [0.15, 0.2) is 0 Å². The molecule has 1 saturated heterocycles. The van der Waals surface area contributed by atoms with E-state index in [4.69, 9.17) is 5.73 Å². The standard InChI is InChI=1S/C25H29N7O4/c1-4-18(16-8-6-5-7-9-16)29-25(36)32-21(22(34)30-24-27-13-20(33)31(24)3)17(23(32)35)11-15-10-14(2)28-19(26)12-15/h5-10,12,17-18,21H,4,11,13H2,1-3H3,(H2,26,28)(H,29,36)(H,27,30,34)/t17-,18-,21+/m1/s1. The third-order valence-corrected chi connectivity index (χ3v) is 6.39. The Kier molecular flexibility index (Phi) is 7.00. The molecule has 0 radical (unpaired) electrons. The van der Waals surface area contributed by atoms with Crippen LogP contribution in [0.4, 0.5) is 10.6 Å². The van der Waals surface area contributed by atoms with Crippen molar-refractivity contribution >= 4 is 35.5 Å². The van der Waals surface area contributed by atoms with Gasteiger partial charge in [0.25, 0.3) is 11.8 Å². The van der Waals surface area contributed by atoms with E-state index in [1.807, 2.05) is 37.3 Å². The van der Waals surface area contributed by atoms with Crippen LogP contribution in [0.15, 0.2) is 47.5 Å². The van der Waals surface area contributed by atoms with Gasteiger partial charge in [-0.15, -0.1) is 0 Å². The van der Waals surface area contributed by atoms with Gasteiger partial charge in [-0.2, -0.15) is 0 Å². The first-order valence-corrected chi connectivity index (χ1v) is 11.7. The zero-order chi connectivity index (χ0) is 26.0. The van der Waals surface area contributed by atoms with Gasteiger partial charge in [-0.3, -0.25) is 29.5 Å². The maximum absolute atomic E-state index is 13.3. The minimum atomic E-state index is -1.09. The van der Waals surface area contributed by atoms with Crippen LogP contribution in [0.3, 0.4) is 0 Å². The third-order valence-electron chi connectivity index (χ3n) is 6.39. The van der Waals surface area contributed by atoms with Crippen molar-refractivity contribution in [2.24, 2.45) is 10.9 Å². The Labute approximate surface area is 208 Å². The summed E-state index contributed by atoms with van der Waals surface area (Å²) in [6.07, 6.45) is 0.794. The van der Waals surface area contributed by atoms with E-state index in [0.717, 1.165) is 16.0 Å². The first kappa shape index (κ1) is 24.8. The number of benzene rings is 1. The predicted octanol–water partition coefficient (Wildman–Crippen LogP) is 1.15. The smallest absolute Gasteiger partial charge is 0.325 e. The summed E-state index contributed by atoms with van der Waals surface area (Å²) in [6, 6.07) is 10.7. The first-order valence-electron chi connectivity index (χ1n) is 11.7. The number of nitrogen functional groups attached to an aromatic ring is 1. The largest absolute Gasteiger partial charge is 0.384 e. The predicted molar refractivity (Wildman–Crippen MR) is 132 cm³/mol. The number of urea groups is 1. The van der Waals surface area contributed by atoms with Crippen LogP contribution in [-0.2, 0) is 20.8 Å². The highest BCUT2D eigenvalue weighted by Gasteiger charge is 2.55. The second-order valence-electron chi connectivity index (χ2n) is 8.91. The van der Waals surface area contributed by atoms with Gasteiger partial charge in [-0.25, -0.2) is 14.8 Å². The molecule has 4 N–H and O–H groups in total. The number of likely N-dealkylation sites (tertiary alicyclic amines) is 1. The molecule has 2 aliphatic rings. The van der Waals surface area contributed by atoms with Gasteiger partial charge >= 0.3 is 6.03 Å². The topological polar surface area (TPSA) is 150 Å². The monoisotopic (exact) mass is 491 g/mol. The second-order valence-corrected chi connectivity index (χ2v) is 8.91. The molecular formula is C25H29N7O4. The van der Waals surface area contributed by atoms with Crippen LogP contribution in [-0.4, -0.2) is 64.1 Å². The molecular weight excluding hydrogens is 462 g/mol. The fourth-order valence-corrected chi connectivity index (χ4v) is 4.52. The second kappa shape index (κ2) is 10.1. The highest BCUT2D eigenvalue weighted by molar-refractivity contribution is 6.14. The van der Waals surface area contributed by atoms with Crippen LogP contribution in [0.5, 0.6) is 0 Å². The van der Waals surface area contributed by atoms with Crippen LogP contribution in [0, 0.1) is 12.8 Å². The van der Waals surface area contributed by atoms with E-state index in [9.17, 15) is 19.2 Å². The lowest BCUT2D eigenvalue weighted by molar-refractivity contribution is -0.157. The quantitative estimate of drug-likeness (QED) is 0.516. The number of rotatable bonds is 6. The molecule has 0 aliphatic carbocycles. The molecule has 2 aliphatic heterocycles. The summed E-state index contributed by atoms with van der Waals surface area (Å²) < 4.78 is 0. The number of carbonyl (C=O) groups is 4. The van der Waals surface area contributed by atoms with E-state index in [1.54, 1.807) is 19.1 Å². The van der Waals surface area contributed by atoms with Crippen molar-refractivity contribution in [1.82, 2.24) is 25.4 Å². The summed E-state index contributed by atoms with van der Waals surface area (Å²) in [4.78, 5) is 61.9. The number of carbonyl (C=O) groups excluding carboxylic acids is 4. The summed E-state index contributed by atoms with van der Waals surface area (Å²) in [5.74, 6) is -1.73. The molecule has 0 bridgehead atoms. The van der Waals surface area contributed by atoms with E-state index < -0.39 is 29.8 Å². The van der Waals surface area contributed by atoms with E-state index >= 15 is 0 Å². The third kappa shape index (κ3) is 4.90. The van der Waals surface area contributed by atoms with Crippen LogP contribution >= 0.6 is 0 Å². The summed E-state index contributed by atoms with van der Waals surface area (Å²) in [5.41, 5.74) is 8.17. The molecule has 11 nitrogen and oxygen atoms in total. The van der Waals surface area contributed by atoms with Crippen molar-refractivity contribution < 1.29 is 19.2 Å². The van der Waals surface area contributed by atoms with Crippen molar-refractivity contribution in [3.63, 3.8) is 0 Å². The van der Waals surface area contributed by atoms with Crippen molar-refractivity contribution in [1.29, 1.82) is 0 Å². The molecule has 1 fully saturated rings. The lowest BCUT2D eigenvalue weighted by Gasteiger charge is -2.44. The van der Waals surface area contributed by atoms with Crippen molar-refractivity contribution in [3.8, 4) is 0 Å². The number of aliphatic imine (C=N–C) groups is 1. The highest BCUT2D eigenvalue weighted by atomic mass is 16.2. The highest BCUT2D eigenvalue weighted by Crippen LogP contribution is 2.32. The molecule has 0 spiro atoms. The Hall–Kier alpha value is -4.28. The number of nitrogens with zero attached hydrogens (tertiary/aromatic N) is 4. The normalized spacial score (nSPS) is 20.0. The molecule has 3 atom stereocenters. The maximum Gasteiger partial charge on any atom is 0.325 e. The minimum Gasteiger partial charge on any atom is -0.384 e. The van der Waals surface area contributed by atoms with Gasteiger partial charge in [-0.05, 0) is 43.0 Å². The van der Waals surface area contributed by atoms with Crippen molar-refractivity contribution in [2.45, 2.75) is 38.8 Å². The Bertz CT molecular complexity index is 1210. The SMILES string of the molecule is CC[C@@H](NC(=O)N1C(=O)[C@H](Cc2cc(C)nc(N)c2)[C@H]1C(=O)NC1=NCC(=O)N1C)c1ccccc1. The molecule has 0 unspecified atom stereocenters. The molecule has 4 rings (SSSR count). The average molecular weight is 492 g/mol. The molecule has 3 heterocycles. The van der Waals surface area contributed by atoms with Crippen LogP contribution in [0.1, 0.15) is 36.2 Å². The molecule has 1 aromatic heterocycles. The number of amides is 5. The number of anilines is 1. The number of likely N-dealkylation sites (N-methyl/N-ethyl adjacent to an activating group) is 1. The Morgan fingerprint density at radius 1 is 1.19 bits per heavy atom. The lowest BCUT2D eigenvalue weighted by atomic mass is 9.82. The van der Waals surface area contributed by atoms with Gasteiger partial charge in [0, 0.05) is 12.7 Å². The Balaban J connectivity index is 1.57. The average Bonchev–Trinajstić information content (AvgIpc) is 3.15. The fraction of sp³-hybridized carbons (Fsp3) is 0.360. The number of aryl methyl sites for hydroxylation is 1. The summed E-state index contributed by atoms with van der Waals surface area (Å²) in [5, 5.41) is 5.48.